The number of aromatic nitrogens is 2. The molecule has 3 aromatic rings. The molecule has 0 saturated carbocycles. The number of para-hydroxylation sites is 1. The summed E-state index contributed by atoms with van der Waals surface area (Å²) < 4.78 is 0. The third kappa shape index (κ3) is 4.24. The molecule has 0 radical (unpaired) electrons. The highest BCUT2D eigenvalue weighted by molar-refractivity contribution is 6.09. The molecule has 2 N–H and O–H groups in total. The number of nitrogens with one attached hydrogen (secondary N) is 1. The van der Waals surface area contributed by atoms with Crippen LogP contribution in [0.1, 0.15) is 76.3 Å². The maximum absolute atomic E-state index is 13.1. The molecule has 1 aromatic carbocycles. The molecule has 8 rings (SSSR count). The van der Waals surface area contributed by atoms with Gasteiger partial charge in [0, 0.05) is 59.4 Å². The number of pyridine rings is 1. The average molecular weight is 565 g/mol. The number of hydrogen-bond donors (Lipinski definition) is 2. The lowest BCUT2D eigenvalue weighted by Crippen LogP contribution is -2.65. The number of Topliss-reactive ketones (excluding diaryl/α,β-unsaturated/α-hetero) is 1. The number of ketones is 1. The fourth-order valence-electron chi connectivity index (χ4n) is 9.86. The Bertz CT molecular complexity index is 1570. The molecule has 3 bridgehead atoms. The van der Waals surface area contributed by atoms with Crippen molar-refractivity contribution in [2.24, 2.45) is 11.3 Å². The highest BCUT2D eigenvalue weighted by Gasteiger charge is 2.66. The van der Waals surface area contributed by atoms with Gasteiger partial charge < -0.3 is 15.0 Å². The number of rotatable bonds is 1. The van der Waals surface area contributed by atoms with E-state index < -0.39 is 5.60 Å². The van der Waals surface area contributed by atoms with Crippen molar-refractivity contribution in [2.45, 2.75) is 88.3 Å². The third-order valence-electron chi connectivity index (χ3n) is 11.5. The highest BCUT2D eigenvalue weighted by atomic mass is 16.3. The van der Waals surface area contributed by atoms with Crippen molar-refractivity contribution in [1.82, 2.24) is 19.8 Å². The van der Waals surface area contributed by atoms with Crippen LogP contribution in [-0.4, -0.2) is 74.5 Å². The van der Waals surface area contributed by atoms with Gasteiger partial charge in [0.25, 0.3) is 0 Å². The first kappa shape index (κ1) is 26.8. The van der Waals surface area contributed by atoms with Gasteiger partial charge in [0.1, 0.15) is 5.78 Å². The van der Waals surface area contributed by atoms with Crippen molar-refractivity contribution < 1.29 is 9.90 Å². The predicted octanol–water partition coefficient (Wildman–Crippen LogP) is 6.26. The summed E-state index contributed by atoms with van der Waals surface area (Å²) in [4.78, 5) is 26.8. The third-order valence-corrected chi connectivity index (χ3v) is 11.5. The summed E-state index contributed by atoms with van der Waals surface area (Å²) in [6.45, 7) is 4.16. The zero-order valence-electron chi connectivity index (χ0n) is 24.7. The lowest BCUT2D eigenvalue weighted by molar-refractivity contribution is -0.120. The summed E-state index contributed by atoms with van der Waals surface area (Å²) in [6, 6.07) is 11.1. The number of H-pyrrole nitrogens is 1. The minimum absolute atomic E-state index is 0.0656. The Hall–Kier alpha value is -2.80. The maximum atomic E-state index is 13.1. The maximum Gasteiger partial charge on any atom is 0.133 e. The Morgan fingerprint density at radius 3 is 2.81 bits per heavy atom. The number of hydrogen-bond acceptors (Lipinski definition) is 5. The lowest BCUT2D eigenvalue weighted by Gasteiger charge is -2.58. The molecule has 5 aliphatic rings. The minimum Gasteiger partial charge on any atom is -0.384 e. The van der Waals surface area contributed by atoms with E-state index in [-0.39, 0.29) is 11.5 Å². The van der Waals surface area contributed by atoms with E-state index in [1.165, 1.54) is 29.2 Å². The average Bonchev–Trinajstić information content (AvgIpc) is 3.51. The summed E-state index contributed by atoms with van der Waals surface area (Å²) in [5.41, 5.74) is 3.47. The Kier molecular flexibility index (Phi) is 6.65. The smallest absolute Gasteiger partial charge is 0.133 e. The number of piperidine rings is 1. The van der Waals surface area contributed by atoms with Crippen molar-refractivity contribution in [2.75, 3.05) is 26.2 Å². The molecule has 1 unspecified atom stereocenters. The molecule has 220 valence electrons. The summed E-state index contributed by atoms with van der Waals surface area (Å²) in [6.07, 6.45) is 19.4. The zero-order chi connectivity index (χ0) is 28.3. The van der Waals surface area contributed by atoms with Crippen molar-refractivity contribution in [3.05, 3.63) is 60.5 Å². The molecule has 4 aliphatic heterocycles. The summed E-state index contributed by atoms with van der Waals surface area (Å²) in [7, 11) is 0. The predicted molar refractivity (Wildman–Crippen MR) is 168 cm³/mol. The molecule has 1 aliphatic carbocycles. The molecule has 6 atom stereocenters. The second kappa shape index (κ2) is 10.4. The molecule has 3 saturated heterocycles. The first-order chi connectivity index (χ1) is 20.6. The number of aromatic amines is 1. The van der Waals surface area contributed by atoms with Crippen molar-refractivity contribution in [3.63, 3.8) is 0 Å². The second-order valence-electron chi connectivity index (χ2n) is 13.9. The Balaban J connectivity index is 1.33. The summed E-state index contributed by atoms with van der Waals surface area (Å²) in [5.74, 6) is 0.744. The summed E-state index contributed by atoms with van der Waals surface area (Å²) >= 11 is 0. The van der Waals surface area contributed by atoms with Gasteiger partial charge in [-0.2, -0.15) is 0 Å². The van der Waals surface area contributed by atoms with Crippen LogP contribution in [0.3, 0.4) is 0 Å². The SMILES string of the molecule is O=C1CCCN2[C@@H](CC1)C[C@]13CN4CCCCC=CCC[C@](O)(C=C(c5nccc6c5[nH]c5ccccc56)[C@@H]1CC4)[C@H]23. The molecular formula is C36H44N4O2. The Labute approximate surface area is 248 Å². The normalized spacial score (nSPS) is 35.9. The van der Waals surface area contributed by atoms with Crippen LogP contribution in [0.15, 0.2) is 54.8 Å². The van der Waals surface area contributed by atoms with Gasteiger partial charge in [-0.3, -0.25) is 14.7 Å². The van der Waals surface area contributed by atoms with Gasteiger partial charge in [0.05, 0.1) is 16.8 Å². The number of benzene rings is 1. The van der Waals surface area contributed by atoms with Crippen LogP contribution in [0.2, 0.25) is 0 Å². The van der Waals surface area contributed by atoms with Crippen LogP contribution in [0.5, 0.6) is 0 Å². The highest BCUT2D eigenvalue weighted by Crippen LogP contribution is 2.62. The monoisotopic (exact) mass is 564 g/mol. The van der Waals surface area contributed by atoms with Gasteiger partial charge in [0.2, 0.25) is 0 Å². The van der Waals surface area contributed by atoms with Gasteiger partial charge in [0.15, 0.2) is 0 Å². The molecule has 0 amide bonds. The van der Waals surface area contributed by atoms with Crippen molar-refractivity contribution in [3.8, 4) is 0 Å². The molecule has 6 nitrogen and oxygen atoms in total. The van der Waals surface area contributed by atoms with Gasteiger partial charge in [-0.15, -0.1) is 0 Å². The van der Waals surface area contributed by atoms with E-state index in [9.17, 15) is 9.90 Å². The van der Waals surface area contributed by atoms with Crippen LogP contribution in [-0.2, 0) is 4.79 Å². The van der Waals surface area contributed by atoms with E-state index in [4.69, 9.17) is 4.98 Å². The quantitative estimate of drug-likeness (QED) is 0.342. The van der Waals surface area contributed by atoms with Crippen LogP contribution < -0.4 is 0 Å². The molecule has 2 aromatic heterocycles. The fraction of sp³-hybridized carbons (Fsp3) is 0.556. The van der Waals surface area contributed by atoms with E-state index in [0.29, 0.717) is 30.6 Å². The number of nitrogens with zero attached hydrogens (tertiary/aromatic N) is 3. The molecule has 6 heteroatoms. The van der Waals surface area contributed by atoms with E-state index in [1.807, 2.05) is 6.20 Å². The lowest BCUT2D eigenvalue weighted by atomic mass is 9.54. The molecule has 1 spiro atoms. The zero-order valence-corrected chi connectivity index (χ0v) is 24.7. The minimum atomic E-state index is -0.957. The summed E-state index contributed by atoms with van der Waals surface area (Å²) in [5, 5.41) is 15.5. The van der Waals surface area contributed by atoms with E-state index >= 15 is 0 Å². The molecule has 6 heterocycles. The van der Waals surface area contributed by atoms with E-state index in [2.05, 4.69) is 63.3 Å². The van der Waals surface area contributed by atoms with Crippen LogP contribution >= 0.6 is 0 Å². The van der Waals surface area contributed by atoms with Crippen LogP contribution in [0, 0.1) is 11.3 Å². The number of carbonyl (C=O) groups is 1. The first-order valence-corrected chi connectivity index (χ1v) is 16.5. The van der Waals surface area contributed by atoms with Crippen molar-refractivity contribution in [1.29, 1.82) is 0 Å². The van der Waals surface area contributed by atoms with Gasteiger partial charge in [-0.25, -0.2) is 0 Å². The molecular weight excluding hydrogens is 520 g/mol. The number of allylic oxidation sites excluding steroid dienone is 3. The van der Waals surface area contributed by atoms with Gasteiger partial charge in [-0.05, 0) is 107 Å². The number of carbonyl (C=O) groups excluding carboxylic acids is 1. The fourth-order valence-corrected chi connectivity index (χ4v) is 9.86. The van der Waals surface area contributed by atoms with Crippen LogP contribution in [0.4, 0.5) is 0 Å². The Morgan fingerprint density at radius 1 is 0.952 bits per heavy atom. The van der Waals surface area contributed by atoms with Crippen molar-refractivity contribution >= 4 is 33.2 Å². The van der Waals surface area contributed by atoms with Gasteiger partial charge in [-0.1, -0.05) is 30.4 Å². The molecule has 3 fully saturated rings. The largest absolute Gasteiger partial charge is 0.384 e. The van der Waals surface area contributed by atoms with Crippen LogP contribution in [0.25, 0.3) is 27.4 Å². The topological polar surface area (TPSA) is 72.5 Å². The first-order valence-electron chi connectivity index (χ1n) is 16.5. The number of aliphatic hydroxyl groups is 1. The van der Waals surface area contributed by atoms with Gasteiger partial charge >= 0.3 is 0 Å². The number of fused-ring (bicyclic) bond motifs is 5. The standard InChI is InChI=1S/C36H44N4O2/c41-26-10-9-20-40-25(13-14-26)22-35-24-39-19-8-4-2-1-3-7-17-36(42,34(35)40)23-29(30(35)16-21-39)32-33-28(15-18-37-32)27-11-5-6-12-31(27)38-33/h1,3,5-6,11-12,15,18,23,25,30,34,38,42H,2,4,7-10,13-14,16-17,19-22,24H2/t25-,30-,34+,35-,36-/m0/s1. The van der Waals surface area contributed by atoms with E-state index in [0.717, 1.165) is 87.9 Å². The second-order valence-corrected chi connectivity index (χ2v) is 13.9. The van der Waals surface area contributed by atoms with E-state index in [1.54, 1.807) is 0 Å². The molecule has 42 heavy (non-hydrogen) atoms. The Morgan fingerprint density at radius 2 is 1.86 bits per heavy atom.